The van der Waals surface area contributed by atoms with Crippen molar-refractivity contribution in [3.63, 3.8) is 0 Å². The number of aliphatic hydroxyl groups is 2. The second kappa shape index (κ2) is 9.79. The Morgan fingerprint density at radius 1 is 1.18 bits per heavy atom. The lowest BCUT2D eigenvalue weighted by molar-refractivity contribution is -0.0455. The summed E-state index contributed by atoms with van der Waals surface area (Å²) in [5.41, 5.74) is 7.76. The van der Waals surface area contributed by atoms with E-state index in [1.807, 2.05) is 6.20 Å². The summed E-state index contributed by atoms with van der Waals surface area (Å²) in [4.78, 5) is 25.2. The first kappa shape index (κ1) is 23.0. The Morgan fingerprint density at radius 2 is 2.00 bits per heavy atom. The molecule has 0 atom stereocenters. The summed E-state index contributed by atoms with van der Waals surface area (Å²) in [6.07, 6.45) is 3.12. The van der Waals surface area contributed by atoms with Gasteiger partial charge in [0, 0.05) is 43.2 Å². The smallest absolute Gasteiger partial charge is 0.267 e. The van der Waals surface area contributed by atoms with Crippen LogP contribution in [0.25, 0.3) is 11.3 Å². The van der Waals surface area contributed by atoms with E-state index in [1.165, 1.54) is 21.6 Å². The van der Waals surface area contributed by atoms with E-state index in [9.17, 15) is 19.8 Å². The van der Waals surface area contributed by atoms with Crippen LogP contribution in [0.4, 0.5) is 5.69 Å². The minimum Gasteiger partial charge on any atom is -0.363 e. The number of aryl methyl sites for hydroxylation is 1. The van der Waals surface area contributed by atoms with Gasteiger partial charge in [0.25, 0.3) is 11.5 Å². The number of nitrogens with one attached hydrogen (secondary N) is 1. The fourth-order valence-corrected chi connectivity index (χ4v) is 3.44. The maximum absolute atomic E-state index is 12.8. The van der Waals surface area contributed by atoms with Gasteiger partial charge in [0.15, 0.2) is 6.29 Å². The van der Waals surface area contributed by atoms with Gasteiger partial charge < -0.3 is 21.3 Å². The Balaban J connectivity index is 1.54. The van der Waals surface area contributed by atoms with E-state index in [0.717, 1.165) is 5.56 Å². The second-order valence-electron chi connectivity index (χ2n) is 7.63. The van der Waals surface area contributed by atoms with E-state index in [2.05, 4.69) is 20.6 Å². The zero-order chi connectivity index (χ0) is 24.2. The van der Waals surface area contributed by atoms with Crippen LogP contribution in [0.15, 0.2) is 59.8 Å². The highest BCUT2D eigenvalue weighted by Crippen LogP contribution is 2.20. The van der Waals surface area contributed by atoms with Gasteiger partial charge in [-0.05, 0) is 23.8 Å². The Bertz CT molecular complexity index is 1370. The summed E-state index contributed by atoms with van der Waals surface area (Å²) in [6.45, 7) is 1.19. The van der Waals surface area contributed by atoms with Crippen molar-refractivity contribution in [3.8, 4) is 11.3 Å². The molecule has 0 radical (unpaired) electrons. The molecule has 0 spiro atoms. The standard InChI is InChI=1S/C22H24N8O4/c1-28-13-18(20(27-28)22(33)34)25-21(32)15-4-2-3-14(9-15)11-30-19(31)6-5-17(26-30)16-10-24-29(12-16)8-7-23/h2-6,9-10,12-13,22,33-34H,7-8,11,23H2,1H3,(H,25,32). The average Bonchev–Trinajstić information content (AvgIpc) is 3.42. The van der Waals surface area contributed by atoms with Crippen LogP contribution in [0.5, 0.6) is 0 Å². The van der Waals surface area contributed by atoms with Gasteiger partial charge in [0.2, 0.25) is 0 Å². The van der Waals surface area contributed by atoms with E-state index >= 15 is 0 Å². The van der Waals surface area contributed by atoms with E-state index in [0.29, 0.717) is 29.9 Å². The summed E-state index contributed by atoms with van der Waals surface area (Å²) in [7, 11) is 1.60. The fraction of sp³-hybridized carbons (Fsp3) is 0.227. The Labute approximate surface area is 193 Å². The van der Waals surface area contributed by atoms with Gasteiger partial charge in [0.05, 0.1) is 30.7 Å². The molecule has 4 aromatic rings. The van der Waals surface area contributed by atoms with E-state index < -0.39 is 12.2 Å². The third-order valence-electron chi connectivity index (χ3n) is 5.03. The van der Waals surface area contributed by atoms with E-state index in [-0.39, 0.29) is 23.5 Å². The largest absolute Gasteiger partial charge is 0.363 e. The van der Waals surface area contributed by atoms with E-state index in [4.69, 9.17) is 5.73 Å². The van der Waals surface area contributed by atoms with Crippen molar-refractivity contribution in [2.45, 2.75) is 19.4 Å². The molecule has 34 heavy (non-hydrogen) atoms. The summed E-state index contributed by atoms with van der Waals surface area (Å²) in [5, 5.41) is 34.1. The van der Waals surface area contributed by atoms with Crippen LogP contribution in [0, 0.1) is 0 Å². The molecule has 5 N–H and O–H groups in total. The first-order valence-corrected chi connectivity index (χ1v) is 10.4. The highest BCUT2D eigenvalue weighted by Gasteiger charge is 2.17. The molecule has 3 heterocycles. The molecule has 0 aliphatic rings. The van der Waals surface area contributed by atoms with Gasteiger partial charge in [-0.1, -0.05) is 12.1 Å². The number of hydrogen-bond donors (Lipinski definition) is 4. The normalized spacial score (nSPS) is 11.2. The molecular weight excluding hydrogens is 440 g/mol. The molecule has 0 fully saturated rings. The maximum Gasteiger partial charge on any atom is 0.267 e. The van der Waals surface area contributed by atoms with Crippen molar-refractivity contribution in [1.29, 1.82) is 0 Å². The zero-order valence-corrected chi connectivity index (χ0v) is 18.4. The number of carbonyl (C=O) groups is 1. The van der Waals surface area contributed by atoms with Crippen molar-refractivity contribution in [3.05, 3.63) is 82.2 Å². The minimum absolute atomic E-state index is 0.0608. The van der Waals surface area contributed by atoms with Crippen LogP contribution < -0.4 is 16.6 Å². The van der Waals surface area contributed by atoms with Crippen molar-refractivity contribution in [1.82, 2.24) is 29.3 Å². The summed E-state index contributed by atoms with van der Waals surface area (Å²) < 4.78 is 4.39. The van der Waals surface area contributed by atoms with Gasteiger partial charge in [-0.2, -0.15) is 15.3 Å². The number of nitrogens with two attached hydrogens (primary N) is 1. The predicted molar refractivity (Wildman–Crippen MR) is 123 cm³/mol. The molecule has 0 aliphatic heterocycles. The fourth-order valence-electron chi connectivity index (χ4n) is 3.44. The molecular formula is C22H24N8O4. The van der Waals surface area contributed by atoms with Crippen LogP contribution in [0.3, 0.4) is 0 Å². The van der Waals surface area contributed by atoms with Crippen molar-refractivity contribution in [2.75, 3.05) is 11.9 Å². The monoisotopic (exact) mass is 464 g/mol. The van der Waals surface area contributed by atoms with Crippen LogP contribution in [0.2, 0.25) is 0 Å². The molecule has 3 aromatic heterocycles. The minimum atomic E-state index is -1.82. The number of nitrogens with zero attached hydrogens (tertiary/aromatic N) is 6. The Kier molecular flexibility index (Phi) is 6.63. The first-order chi connectivity index (χ1) is 16.3. The average molecular weight is 464 g/mol. The third-order valence-corrected chi connectivity index (χ3v) is 5.03. The molecule has 1 amide bonds. The topological polar surface area (TPSA) is 166 Å². The Hall–Kier alpha value is -4.13. The number of hydrogen-bond acceptors (Lipinski definition) is 8. The summed E-state index contributed by atoms with van der Waals surface area (Å²) >= 11 is 0. The molecule has 1 aromatic carbocycles. The number of amides is 1. The number of benzene rings is 1. The van der Waals surface area contributed by atoms with Gasteiger partial charge in [0.1, 0.15) is 5.69 Å². The van der Waals surface area contributed by atoms with Gasteiger partial charge >= 0.3 is 0 Å². The third kappa shape index (κ3) is 5.09. The molecule has 0 saturated carbocycles. The quantitative estimate of drug-likeness (QED) is 0.266. The van der Waals surface area contributed by atoms with Gasteiger partial charge in [-0.15, -0.1) is 0 Å². The van der Waals surface area contributed by atoms with Crippen LogP contribution in [0.1, 0.15) is 27.9 Å². The molecule has 0 bridgehead atoms. The lowest BCUT2D eigenvalue weighted by Crippen LogP contribution is -2.23. The molecule has 0 aliphatic carbocycles. The highest BCUT2D eigenvalue weighted by molar-refractivity contribution is 6.04. The van der Waals surface area contributed by atoms with E-state index in [1.54, 1.807) is 48.3 Å². The molecule has 4 rings (SSSR count). The van der Waals surface area contributed by atoms with Crippen LogP contribution in [-0.4, -0.2) is 52.0 Å². The number of anilines is 1. The molecule has 0 saturated heterocycles. The first-order valence-electron chi connectivity index (χ1n) is 10.4. The number of aliphatic hydroxyl groups excluding tert-OH is 1. The lowest BCUT2D eigenvalue weighted by Gasteiger charge is -2.09. The summed E-state index contributed by atoms with van der Waals surface area (Å²) in [5.74, 6) is -0.460. The highest BCUT2D eigenvalue weighted by atomic mass is 16.5. The summed E-state index contributed by atoms with van der Waals surface area (Å²) in [6, 6.07) is 9.80. The lowest BCUT2D eigenvalue weighted by atomic mass is 10.1. The van der Waals surface area contributed by atoms with Crippen LogP contribution >= 0.6 is 0 Å². The molecule has 12 heteroatoms. The van der Waals surface area contributed by atoms with Crippen molar-refractivity contribution < 1.29 is 15.0 Å². The van der Waals surface area contributed by atoms with Crippen LogP contribution in [-0.2, 0) is 20.1 Å². The molecule has 12 nitrogen and oxygen atoms in total. The van der Waals surface area contributed by atoms with Crippen molar-refractivity contribution >= 4 is 11.6 Å². The number of rotatable bonds is 8. The molecule has 176 valence electrons. The second-order valence-corrected chi connectivity index (χ2v) is 7.63. The number of carbonyl (C=O) groups excluding carboxylic acids is 1. The maximum atomic E-state index is 12.8. The van der Waals surface area contributed by atoms with Gasteiger partial charge in [-0.3, -0.25) is 19.0 Å². The zero-order valence-electron chi connectivity index (χ0n) is 18.4. The molecule has 0 unspecified atom stereocenters. The number of aromatic nitrogens is 6. The SMILES string of the molecule is Cn1cc(NC(=O)c2cccc(Cn3nc(-c4cnn(CCN)c4)ccc3=O)c2)c(C(O)O)n1. The Morgan fingerprint density at radius 3 is 2.76 bits per heavy atom. The van der Waals surface area contributed by atoms with Gasteiger partial charge in [-0.25, -0.2) is 4.68 Å². The predicted octanol–water partition coefficient (Wildman–Crippen LogP) is 0.0828. The van der Waals surface area contributed by atoms with Crippen molar-refractivity contribution in [2.24, 2.45) is 12.8 Å².